The molecule has 0 aromatic heterocycles. The molecule has 3 aromatic carbocycles. The zero-order valence-corrected chi connectivity index (χ0v) is 21.6. The number of nitrogens with one attached hydrogen (secondary N) is 1. The molecule has 1 N–H and O–H groups in total. The smallest absolute Gasteiger partial charge is 0.267 e. The van der Waals surface area contributed by atoms with Crippen molar-refractivity contribution < 1.29 is 31.5 Å². The molecule has 38 heavy (non-hydrogen) atoms. The van der Waals surface area contributed by atoms with E-state index in [-0.39, 0.29) is 18.3 Å². The van der Waals surface area contributed by atoms with Gasteiger partial charge in [0.1, 0.15) is 34.6 Å². The third-order valence-electron chi connectivity index (χ3n) is 6.98. The summed E-state index contributed by atoms with van der Waals surface area (Å²) < 4.78 is 68.6. The molecule has 0 aliphatic heterocycles. The lowest BCUT2D eigenvalue weighted by atomic mass is 10.0. The number of amides is 1. The normalized spacial score (nSPS) is 15.8. The van der Waals surface area contributed by atoms with Crippen LogP contribution in [0.4, 0.5) is 8.78 Å². The van der Waals surface area contributed by atoms with E-state index in [1.54, 1.807) is 4.72 Å². The Morgan fingerprint density at radius 2 is 1.63 bits per heavy atom. The lowest BCUT2D eigenvalue weighted by Gasteiger charge is -2.16. The van der Waals surface area contributed by atoms with Gasteiger partial charge in [0, 0.05) is 12.1 Å². The van der Waals surface area contributed by atoms with Crippen LogP contribution in [0.25, 0.3) is 0 Å². The predicted octanol–water partition coefficient (Wildman–Crippen LogP) is 6.11. The molecule has 2 aliphatic carbocycles. The molecule has 0 radical (unpaired) electrons. The van der Waals surface area contributed by atoms with Crippen molar-refractivity contribution in [1.82, 2.24) is 4.72 Å². The molecule has 0 unspecified atom stereocenters. The summed E-state index contributed by atoms with van der Waals surface area (Å²) in [4.78, 5) is 12.1. The van der Waals surface area contributed by atoms with Gasteiger partial charge in [0.05, 0.1) is 12.2 Å². The quantitative estimate of drug-likeness (QED) is 0.335. The zero-order valence-electron chi connectivity index (χ0n) is 20.8. The standard InChI is InChI=1S/C29H29F2NO5S/c30-25-16-27(37-18-20-8-4-5-9-20)23(21-10-11-21)15-24(25)29(33)32-38(34,35)28-13-12-22(14-26(28)31)36-17-19-6-2-1-3-7-19/h1-3,6-7,12-16,20-21H,4-5,8-11,17-18H2,(H,32,33). The Bertz CT molecular complexity index is 1420. The van der Waals surface area contributed by atoms with E-state index in [9.17, 15) is 22.0 Å². The van der Waals surface area contributed by atoms with Crippen molar-refractivity contribution in [1.29, 1.82) is 0 Å². The van der Waals surface area contributed by atoms with Crippen molar-refractivity contribution in [3.05, 3.63) is 89.0 Å². The second-order valence-corrected chi connectivity index (χ2v) is 11.6. The second kappa shape index (κ2) is 11.1. The van der Waals surface area contributed by atoms with Crippen molar-refractivity contribution >= 4 is 15.9 Å². The van der Waals surface area contributed by atoms with Crippen LogP contribution in [0.3, 0.4) is 0 Å². The predicted molar refractivity (Wildman–Crippen MR) is 138 cm³/mol. The molecular formula is C29H29F2NO5S. The summed E-state index contributed by atoms with van der Waals surface area (Å²) >= 11 is 0. The highest BCUT2D eigenvalue weighted by Gasteiger charge is 2.31. The van der Waals surface area contributed by atoms with Crippen LogP contribution >= 0.6 is 0 Å². The van der Waals surface area contributed by atoms with Crippen LogP contribution in [0, 0.1) is 17.6 Å². The van der Waals surface area contributed by atoms with Crippen LogP contribution in [-0.4, -0.2) is 20.9 Å². The van der Waals surface area contributed by atoms with Crippen molar-refractivity contribution in [3.63, 3.8) is 0 Å². The fourth-order valence-corrected chi connectivity index (χ4v) is 5.76. The molecule has 3 aromatic rings. The topological polar surface area (TPSA) is 81.7 Å². The number of hydrogen-bond donors (Lipinski definition) is 1. The summed E-state index contributed by atoms with van der Waals surface area (Å²) in [6.45, 7) is 0.662. The molecule has 9 heteroatoms. The van der Waals surface area contributed by atoms with Crippen molar-refractivity contribution in [2.45, 2.75) is 55.9 Å². The summed E-state index contributed by atoms with van der Waals surface area (Å²) in [5, 5.41) is 0. The molecule has 2 aliphatic rings. The molecule has 0 heterocycles. The summed E-state index contributed by atoms with van der Waals surface area (Å²) in [6.07, 6.45) is 6.25. The first-order chi connectivity index (χ1) is 18.3. The van der Waals surface area contributed by atoms with Gasteiger partial charge in [0.25, 0.3) is 15.9 Å². The number of rotatable bonds is 10. The molecule has 0 bridgehead atoms. The Balaban J connectivity index is 1.29. The molecule has 200 valence electrons. The average Bonchev–Trinajstić information content (AvgIpc) is 3.60. The maximum absolute atomic E-state index is 15.0. The van der Waals surface area contributed by atoms with Gasteiger partial charge in [-0.25, -0.2) is 21.9 Å². The lowest BCUT2D eigenvalue weighted by molar-refractivity contribution is 0.0977. The minimum Gasteiger partial charge on any atom is -0.493 e. The molecule has 2 fully saturated rings. The first kappa shape index (κ1) is 26.2. The van der Waals surface area contributed by atoms with Gasteiger partial charge in [-0.2, -0.15) is 0 Å². The van der Waals surface area contributed by atoms with Gasteiger partial charge in [-0.15, -0.1) is 0 Å². The third-order valence-corrected chi connectivity index (χ3v) is 8.34. The maximum atomic E-state index is 15.0. The number of carbonyl (C=O) groups is 1. The van der Waals surface area contributed by atoms with Gasteiger partial charge >= 0.3 is 0 Å². The summed E-state index contributed by atoms with van der Waals surface area (Å²) in [6, 6.07) is 15.0. The number of carbonyl (C=O) groups excluding carboxylic acids is 1. The Kier molecular flexibility index (Phi) is 7.65. The third kappa shape index (κ3) is 6.15. The molecule has 6 nitrogen and oxygen atoms in total. The highest BCUT2D eigenvalue weighted by atomic mass is 32.2. The first-order valence-corrected chi connectivity index (χ1v) is 14.3. The highest BCUT2D eigenvalue weighted by molar-refractivity contribution is 7.90. The zero-order chi connectivity index (χ0) is 26.7. The fourth-order valence-electron chi connectivity index (χ4n) is 4.73. The molecule has 0 atom stereocenters. The van der Waals surface area contributed by atoms with E-state index in [1.165, 1.54) is 12.1 Å². The van der Waals surface area contributed by atoms with E-state index in [1.807, 2.05) is 30.3 Å². The number of halogens is 2. The number of benzene rings is 3. The maximum Gasteiger partial charge on any atom is 0.267 e. The largest absolute Gasteiger partial charge is 0.493 e. The Labute approximate surface area is 221 Å². The average molecular weight is 542 g/mol. The molecule has 0 saturated heterocycles. The Hall–Kier alpha value is -3.46. The minimum absolute atomic E-state index is 0.130. The van der Waals surface area contributed by atoms with Crippen molar-refractivity contribution in [3.8, 4) is 11.5 Å². The van der Waals surface area contributed by atoms with Crippen LogP contribution in [-0.2, 0) is 16.6 Å². The summed E-state index contributed by atoms with van der Waals surface area (Å²) in [5.41, 5.74) is 1.13. The SMILES string of the molecule is O=C(NS(=O)(=O)c1ccc(OCc2ccccc2)cc1F)c1cc(C2CC2)c(OCC2CCCC2)cc1F. The van der Waals surface area contributed by atoms with E-state index in [4.69, 9.17) is 9.47 Å². The Morgan fingerprint density at radius 1 is 0.895 bits per heavy atom. The molecule has 5 rings (SSSR count). The van der Waals surface area contributed by atoms with Crippen molar-refractivity contribution in [2.24, 2.45) is 5.92 Å². The minimum atomic E-state index is -4.62. The molecular weight excluding hydrogens is 512 g/mol. The van der Waals surface area contributed by atoms with Gasteiger partial charge in [0.15, 0.2) is 0 Å². The highest BCUT2D eigenvalue weighted by Crippen LogP contribution is 2.45. The van der Waals surface area contributed by atoms with Gasteiger partial charge in [-0.3, -0.25) is 4.79 Å². The van der Waals surface area contributed by atoms with E-state index >= 15 is 0 Å². The van der Waals surface area contributed by atoms with Crippen LogP contribution in [0.2, 0.25) is 0 Å². The van der Waals surface area contributed by atoms with E-state index in [2.05, 4.69) is 0 Å². The summed E-state index contributed by atoms with van der Waals surface area (Å²) in [5.74, 6) is -2.06. The number of ether oxygens (including phenoxy) is 2. The van der Waals surface area contributed by atoms with E-state index in [0.29, 0.717) is 23.8 Å². The van der Waals surface area contributed by atoms with Gasteiger partial charge in [-0.1, -0.05) is 43.2 Å². The van der Waals surface area contributed by atoms with E-state index in [0.717, 1.165) is 62.3 Å². The number of sulfonamides is 1. The second-order valence-electron chi connectivity index (χ2n) is 9.91. The van der Waals surface area contributed by atoms with Crippen LogP contribution in [0.15, 0.2) is 65.6 Å². The van der Waals surface area contributed by atoms with Gasteiger partial charge in [-0.05, 0) is 66.8 Å². The molecule has 1 amide bonds. The van der Waals surface area contributed by atoms with Crippen LogP contribution in [0.5, 0.6) is 11.5 Å². The fraction of sp³-hybridized carbons (Fsp3) is 0.345. The number of hydrogen-bond acceptors (Lipinski definition) is 5. The van der Waals surface area contributed by atoms with Crippen molar-refractivity contribution in [2.75, 3.05) is 6.61 Å². The van der Waals surface area contributed by atoms with Gasteiger partial charge < -0.3 is 9.47 Å². The summed E-state index contributed by atoms with van der Waals surface area (Å²) in [7, 11) is -4.62. The van der Waals surface area contributed by atoms with Crippen LogP contribution in [0.1, 0.15) is 65.9 Å². The van der Waals surface area contributed by atoms with Gasteiger partial charge in [0.2, 0.25) is 0 Å². The molecule has 0 spiro atoms. The Morgan fingerprint density at radius 3 is 2.32 bits per heavy atom. The van der Waals surface area contributed by atoms with Crippen LogP contribution < -0.4 is 14.2 Å². The molecule has 2 saturated carbocycles. The monoisotopic (exact) mass is 541 g/mol. The van der Waals surface area contributed by atoms with E-state index < -0.39 is 38.0 Å². The lowest BCUT2D eigenvalue weighted by Crippen LogP contribution is -2.32. The first-order valence-electron chi connectivity index (χ1n) is 12.8.